The number of rotatable bonds is 4. The van der Waals surface area contributed by atoms with Crippen LogP contribution >= 0.6 is 0 Å². The van der Waals surface area contributed by atoms with Crippen molar-refractivity contribution in [1.82, 2.24) is 9.80 Å². The second-order valence-corrected chi connectivity index (χ2v) is 10.6. The number of fused-ring (bicyclic) bond motifs is 3. The fourth-order valence-electron chi connectivity index (χ4n) is 8.01. The van der Waals surface area contributed by atoms with Gasteiger partial charge in [-0.05, 0) is 78.8 Å². The van der Waals surface area contributed by atoms with E-state index in [0.717, 1.165) is 18.9 Å². The topological polar surface area (TPSA) is 86.9 Å². The monoisotopic (exact) mass is 397 g/mol. The van der Waals surface area contributed by atoms with Gasteiger partial charge in [0.15, 0.2) is 0 Å². The summed E-state index contributed by atoms with van der Waals surface area (Å²) in [6.45, 7) is 3.01. The smallest absolute Gasteiger partial charge is 0.237 e. The highest BCUT2D eigenvalue weighted by molar-refractivity contribution is 5.85. The molecular formula is C23H31N3O3. The van der Waals surface area contributed by atoms with E-state index in [2.05, 4.69) is 17.1 Å². The van der Waals surface area contributed by atoms with Crippen LogP contribution in [0, 0.1) is 40.9 Å². The first-order chi connectivity index (χ1) is 14.0. The molecule has 6 heteroatoms. The zero-order valence-electron chi connectivity index (χ0n) is 16.9. The highest BCUT2D eigenvalue weighted by Crippen LogP contribution is 2.68. The molecule has 7 atom stereocenters. The van der Waals surface area contributed by atoms with Crippen LogP contribution in [-0.4, -0.2) is 58.9 Å². The van der Waals surface area contributed by atoms with Gasteiger partial charge < -0.3 is 15.7 Å². The van der Waals surface area contributed by atoms with E-state index in [1.807, 2.05) is 6.08 Å². The average molecular weight is 398 g/mol. The molecule has 3 N–H and O–H groups in total. The Bertz CT molecular complexity index is 818. The maximum absolute atomic E-state index is 13.2. The maximum Gasteiger partial charge on any atom is 0.237 e. The molecule has 0 aromatic rings. The van der Waals surface area contributed by atoms with E-state index < -0.39 is 5.91 Å². The summed E-state index contributed by atoms with van der Waals surface area (Å²) in [5.74, 6) is 3.01. The van der Waals surface area contributed by atoms with Gasteiger partial charge in [-0.1, -0.05) is 6.08 Å². The molecule has 0 aromatic carbocycles. The van der Waals surface area contributed by atoms with E-state index in [9.17, 15) is 14.7 Å². The number of carbonyl (C=O) groups is 2. The van der Waals surface area contributed by atoms with Crippen LogP contribution in [0.15, 0.2) is 24.0 Å². The molecule has 156 valence electrons. The minimum absolute atomic E-state index is 0.0317. The predicted octanol–water partition coefficient (Wildman–Crippen LogP) is 1.68. The van der Waals surface area contributed by atoms with Gasteiger partial charge in [0.05, 0.1) is 6.54 Å². The van der Waals surface area contributed by atoms with Gasteiger partial charge in [0.2, 0.25) is 11.8 Å². The summed E-state index contributed by atoms with van der Waals surface area (Å²) in [6.07, 6.45) is 11.6. The number of likely N-dealkylation sites (tertiary alicyclic amines) is 2. The number of hydrogen-bond donors (Lipinski definition) is 2. The van der Waals surface area contributed by atoms with Crippen molar-refractivity contribution in [3.8, 4) is 0 Å². The number of nitrogens with zero attached hydrogens (tertiary/aromatic N) is 2. The summed E-state index contributed by atoms with van der Waals surface area (Å²) in [4.78, 5) is 29.2. The fraction of sp³-hybridized carbons (Fsp3) is 0.739. The second kappa shape index (κ2) is 6.10. The summed E-state index contributed by atoms with van der Waals surface area (Å²) in [6, 6.07) is 0.487. The summed E-state index contributed by atoms with van der Waals surface area (Å²) in [7, 11) is 0. The van der Waals surface area contributed by atoms with Crippen molar-refractivity contribution < 1.29 is 14.7 Å². The fourth-order valence-corrected chi connectivity index (χ4v) is 8.01. The summed E-state index contributed by atoms with van der Waals surface area (Å²) in [5.41, 5.74) is 5.38. The van der Waals surface area contributed by atoms with E-state index in [4.69, 9.17) is 5.73 Å². The molecular weight excluding hydrogens is 366 g/mol. The third-order valence-electron chi connectivity index (χ3n) is 9.13. The van der Waals surface area contributed by atoms with Crippen molar-refractivity contribution in [2.75, 3.05) is 26.2 Å². The minimum Gasteiger partial charge on any atom is -0.508 e. The Morgan fingerprint density at radius 2 is 2.07 bits per heavy atom. The average Bonchev–Trinajstić information content (AvgIpc) is 3.43. The Morgan fingerprint density at radius 3 is 2.83 bits per heavy atom. The number of piperidine rings is 2. The van der Waals surface area contributed by atoms with E-state index in [1.165, 1.54) is 25.8 Å². The standard InChI is InChI=1S/C23H31N3O3/c24-21(28)12-26-11-19-20-7-18-15(10-25(20)9-13-1-2-13)5-14-3-4-16(27)6-17(14)23(18,19)8-22(26)29/h3-4,6,13-15,17-20,27H,1-2,5,7-12H2,(H2,24,28)/t14?,15?,17?,18?,19-,20?,23?/m0/s1. The van der Waals surface area contributed by atoms with Gasteiger partial charge >= 0.3 is 0 Å². The van der Waals surface area contributed by atoms with E-state index in [-0.39, 0.29) is 23.8 Å². The Labute approximate surface area is 171 Å². The van der Waals surface area contributed by atoms with Crippen molar-refractivity contribution in [3.63, 3.8) is 0 Å². The van der Waals surface area contributed by atoms with Crippen LogP contribution in [0.5, 0.6) is 0 Å². The first kappa shape index (κ1) is 18.0. The van der Waals surface area contributed by atoms with Crippen LogP contribution in [0.4, 0.5) is 0 Å². The van der Waals surface area contributed by atoms with Gasteiger partial charge in [0, 0.05) is 32.1 Å². The zero-order chi connectivity index (χ0) is 19.9. The molecule has 0 radical (unpaired) electrons. The molecule has 0 aromatic heterocycles. The number of nitrogens with two attached hydrogens (primary N) is 1. The molecule has 6 aliphatic rings. The third kappa shape index (κ3) is 2.57. The third-order valence-corrected chi connectivity index (χ3v) is 9.13. The molecule has 2 saturated heterocycles. The molecule has 3 saturated carbocycles. The molecule has 6 unspecified atom stereocenters. The van der Waals surface area contributed by atoms with Crippen LogP contribution in [0.25, 0.3) is 0 Å². The maximum atomic E-state index is 13.2. The molecule has 2 bridgehead atoms. The minimum atomic E-state index is -0.428. The second-order valence-electron chi connectivity index (χ2n) is 10.6. The van der Waals surface area contributed by atoms with Crippen molar-refractivity contribution >= 4 is 11.8 Å². The first-order valence-electron chi connectivity index (χ1n) is 11.3. The highest BCUT2D eigenvalue weighted by atomic mass is 16.3. The lowest BCUT2D eigenvalue weighted by Gasteiger charge is -2.57. The number of amides is 2. The molecule has 5 fully saturated rings. The van der Waals surface area contributed by atoms with Gasteiger partial charge in [-0.3, -0.25) is 14.5 Å². The molecule has 6 rings (SSSR count). The Kier molecular flexibility index (Phi) is 3.78. The molecule has 4 aliphatic carbocycles. The van der Waals surface area contributed by atoms with Crippen LogP contribution in [0.1, 0.15) is 32.1 Å². The van der Waals surface area contributed by atoms with Gasteiger partial charge in [0.25, 0.3) is 0 Å². The Hall–Kier alpha value is -1.82. The van der Waals surface area contributed by atoms with Gasteiger partial charge in [-0.2, -0.15) is 0 Å². The number of primary amides is 1. The summed E-state index contributed by atoms with van der Waals surface area (Å²) < 4.78 is 0. The van der Waals surface area contributed by atoms with E-state index in [0.29, 0.717) is 48.4 Å². The van der Waals surface area contributed by atoms with E-state index in [1.54, 1.807) is 4.90 Å². The van der Waals surface area contributed by atoms with Crippen molar-refractivity contribution in [3.05, 3.63) is 24.0 Å². The number of carbonyl (C=O) groups excluding carboxylic acids is 2. The lowest BCUT2D eigenvalue weighted by Crippen LogP contribution is -2.59. The van der Waals surface area contributed by atoms with Crippen LogP contribution in [0.3, 0.4) is 0 Å². The molecule has 2 heterocycles. The van der Waals surface area contributed by atoms with Gasteiger partial charge in [-0.15, -0.1) is 0 Å². The summed E-state index contributed by atoms with van der Waals surface area (Å²) in [5, 5.41) is 10.3. The van der Waals surface area contributed by atoms with Crippen molar-refractivity contribution in [1.29, 1.82) is 0 Å². The van der Waals surface area contributed by atoms with Gasteiger partial charge in [0.1, 0.15) is 5.76 Å². The van der Waals surface area contributed by atoms with Crippen molar-refractivity contribution in [2.24, 2.45) is 46.7 Å². The number of hydrogen-bond acceptors (Lipinski definition) is 4. The number of allylic oxidation sites excluding steroid dienone is 3. The quantitative estimate of drug-likeness (QED) is 0.756. The van der Waals surface area contributed by atoms with Gasteiger partial charge in [-0.25, -0.2) is 0 Å². The molecule has 6 nitrogen and oxygen atoms in total. The SMILES string of the molecule is NC(=O)CN1C[C@H]2C3CC4C(CC5C=CC(O)=CC5C42CC1=O)CN3CC1CC1. The predicted molar refractivity (Wildman–Crippen MR) is 107 cm³/mol. The largest absolute Gasteiger partial charge is 0.508 e. The molecule has 1 spiro atoms. The number of aliphatic hydroxyl groups excluding tert-OH is 1. The van der Waals surface area contributed by atoms with Crippen molar-refractivity contribution in [2.45, 2.75) is 38.1 Å². The lowest BCUT2D eigenvalue weighted by molar-refractivity contribution is -0.152. The van der Waals surface area contributed by atoms with E-state index >= 15 is 0 Å². The molecule has 29 heavy (non-hydrogen) atoms. The summed E-state index contributed by atoms with van der Waals surface area (Å²) >= 11 is 0. The Morgan fingerprint density at radius 1 is 1.24 bits per heavy atom. The zero-order valence-corrected chi connectivity index (χ0v) is 16.9. The van der Waals surface area contributed by atoms with Crippen LogP contribution in [-0.2, 0) is 9.59 Å². The van der Waals surface area contributed by atoms with Crippen LogP contribution < -0.4 is 5.73 Å². The highest BCUT2D eigenvalue weighted by Gasteiger charge is 2.69. The van der Waals surface area contributed by atoms with Crippen LogP contribution in [0.2, 0.25) is 0 Å². The lowest BCUT2D eigenvalue weighted by atomic mass is 9.49. The molecule has 2 amide bonds. The first-order valence-corrected chi connectivity index (χ1v) is 11.3. The normalized spacial score (nSPS) is 45.6. The molecule has 2 aliphatic heterocycles. The number of aliphatic hydroxyl groups is 1. The Balaban J connectivity index is 1.42.